The van der Waals surface area contributed by atoms with E-state index in [2.05, 4.69) is 20.4 Å². The molecule has 1 aliphatic heterocycles. The SMILES string of the molecule is Cc1cc(C)n(-c2cc(N3CCCC(C(=O)Nc4ccc(F)c([N+](=O)[O-])c4)C3)ncn2)n1. The Balaban J connectivity index is 1.48. The first kappa shape index (κ1) is 21.3. The maximum Gasteiger partial charge on any atom is 0.306 e. The number of halogens is 1. The quantitative estimate of drug-likeness (QED) is 0.479. The number of piperidine rings is 1. The number of hydrogen-bond donors (Lipinski definition) is 1. The number of anilines is 2. The second-order valence-corrected chi connectivity index (χ2v) is 7.77. The molecular weight excluding hydrogens is 417 g/mol. The Morgan fingerprint density at radius 1 is 1.22 bits per heavy atom. The van der Waals surface area contributed by atoms with Gasteiger partial charge in [-0.05, 0) is 44.9 Å². The van der Waals surface area contributed by atoms with Crippen molar-refractivity contribution in [1.29, 1.82) is 0 Å². The number of carbonyl (C=O) groups is 1. The van der Waals surface area contributed by atoms with Crippen LogP contribution in [-0.4, -0.2) is 43.7 Å². The van der Waals surface area contributed by atoms with Crippen molar-refractivity contribution >= 4 is 23.1 Å². The topological polar surface area (TPSA) is 119 Å². The summed E-state index contributed by atoms with van der Waals surface area (Å²) in [7, 11) is 0. The maximum absolute atomic E-state index is 13.6. The Kier molecular flexibility index (Phi) is 5.80. The molecule has 1 N–H and O–H groups in total. The largest absolute Gasteiger partial charge is 0.356 e. The first-order valence-electron chi connectivity index (χ1n) is 10.2. The van der Waals surface area contributed by atoms with E-state index >= 15 is 0 Å². The van der Waals surface area contributed by atoms with Gasteiger partial charge in [-0.3, -0.25) is 14.9 Å². The first-order valence-corrected chi connectivity index (χ1v) is 10.2. The zero-order chi connectivity index (χ0) is 22.8. The lowest BCUT2D eigenvalue weighted by Gasteiger charge is -2.32. The van der Waals surface area contributed by atoms with Crippen LogP contribution in [-0.2, 0) is 4.79 Å². The van der Waals surface area contributed by atoms with E-state index in [0.717, 1.165) is 36.5 Å². The van der Waals surface area contributed by atoms with Crippen LogP contribution in [0.3, 0.4) is 0 Å². The summed E-state index contributed by atoms with van der Waals surface area (Å²) in [6.07, 6.45) is 2.92. The van der Waals surface area contributed by atoms with Gasteiger partial charge in [0.1, 0.15) is 12.1 Å². The van der Waals surface area contributed by atoms with Crippen LogP contribution in [0.1, 0.15) is 24.2 Å². The molecule has 10 nitrogen and oxygen atoms in total. The monoisotopic (exact) mass is 439 g/mol. The van der Waals surface area contributed by atoms with E-state index in [1.807, 2.05) is 30.9 Å². The van der Waals surface area contributed by atoms with Crippen LogP contribution >= 0.6 is 0 Å². The molecule has 0 bridgehead atoms. The van der Waals surface area contributed by atoms with Crippen LogP contribution in [0.5, 0.6) is 0 Å². The number of amides is 1. The van der Waals surface area contributed by atoms with Gasteiger partial charge in [0.2, 0.25) is 11.7 Å². The Hall–Kier alpha value is -3.89. The van der Waals surface area contributed by atoms with Gasteiger partial charge in [-0.1, -0.05) is 0 Å². The molecular formula is C21H22FN7O3. The smallest absolute Gasteiger partial charge is 0.306 e. The van der Waals surface area contributed by atoms with Gasteiger partial charge in [-0.15, -0.1) is 0 Å². The van der Waals surface area contributed by atoms with E-state index in [1.165, 1.54) is 12.4 Å². The van der Waals surface area contributed by atoms with Gasteiger partial charge in [0.05, 0.1) is 16.5 Å². The minimum absolute atomic E-state index is 0.189. The summed E-state index contributed by atoms with van der Waals surface area (Å²) in [5.74, 6) is -0.231. The highest BCUT2D eigenvalue weighted by Gasteiger charge is 2.27. The van der Waals surface area contributed by atoms with E-state index in [4.69, 9.17) is 0 Å². The number of aryl methyl sites for hydroxylation is 2. The van der Waals surface area contributed by atoms with Crippen molar-refractivity contribution in [2.75, 3.05) is 23.3 Å². The summed E-state index contributed by atoms with van der Waals surface area (Å²) in [4.78, 5) is 33.6. The highest BCUT2D eigenvalue weighted by Crippen LogP contribution is 2.26. The molecule has 0 aliphatic carbocycles. The summed E-state index contributed by atoms with van der Waals surface area (Å²) in [5.41, 5.74) is 1.36. The molecule has 3 aromatic rings. The molecule has 166 valence electrons. The van der Waals surface area contributed by atoms with E-state index in [0.29, 0.717) is 24.6 Å². The highest BCUT2D eigenvalue weighted by molar-refractivity contribution is 5.93. The summed E-state index contributed by atoms with van der Waals surface area (Å²) < 4.78 is 15.3. The van der Waals surface area contributed by atoms with Crippen LogP contribution in [0.25, 0.3) is 5.82 Å². The van der Waals surface area contributed by atoms with Crippen molar-refractivity contribution in [3.63, 3.8) is 0 Å². The molecule has 1 fully saturated rings. The van der Waals surface area contributed by atoms with Crippen LogP contribution in [0.15, 0.2) is 36.7 Å². The highest BCUT2D eigenvalue weighted by atomic mass is 19.1. The number of benzene rings is 1. The summed E-state index contributed by atoms with van der Waals surface area (Å²) in [6, 6.07) is 7.11. The lowest BCUT2D eigenvalue weighted by atomic mass is 9.97. The molecule has 3 heterocycles. The number of hydrogen-bond acceptors (Lipinski definition) is 7. The zero-order valence-corrected chi connectivity index (χ0v) is 17.7. The maximum atomic E-state index is 13.6. The van der Waals surface area contributed by atoms with Gasteiger partial charge in [0.15, 0.2) is 5.82 Å². The fourth-order valence-electron chi connectivity index (χ4n) is 3.86. The summed E-state index contributed by atoms with van der Waals surface area (Å²) in [6.45, 7) is 5.03. The Morgan fingerprint density at radius 3 is 2.72 bits per heavy atom. The number of nitro groups is 1. The molecule has 2 aromatic heterocycles. The Labute approximate surface area is 183 Å². The van der Waals surface area contributed by atoms with Gasteiger partial charge in [0.25, 0.3) is 0 Å². The molecule has 0 spiro atoms. The third-order valence-corrected chi connectivity index (χ3v) is 5.39. The predicted molar refractivity (Wildman–Crippen MR) is 115 cm³/mol. The van der Waals surface area contributed by atoms with Crippen molar-refractivity contribution in [1.82, 2.24) is 19.7 Å². The Morgan fingerprint density at radius 2 is 2.00 bits per heavy atom. The minimum atomic E-state index is -0.945. The molecule has 1 amide bonds. The molecule has 1 aromatic carbocycles. The van der Waals surface area contributed by atoms with Crippen LogP contribution < -0.4 is 10.2 Å². The summed E-state index contributed by atoms with van der Waals surface area (Å²) in [5, 5.41) is 18.1. The molecule has 1 atom stereocenters. The molecule has 0 radical (unpaired) electrons. The van der Waals surface area contributed by atoms with Crippen molar-refractivity contribution in [2.24, 2.45) is 5.92 Å². The molecule has 1 saturated heterocycles. The Bertz CT molecular complexity index is 1180. The fourth-order valence-corrected chi connectivity index (χ4v) is 3.86. The standard InChI is InChI=1S/C21H22FN7O3/c1-13-8-14(2)28(26-13)20-10-19(23-12-24-20)27-7-3-4-15(11-27)21(30)25-16-5-6-17(22)18(9-16)29(31)32/h5-6,8-10,12,15H,3-4,7,11H2,1-2H3,(H,25,30). The van der Waals surface area contributed by atoms with Crippen LogP contribution in [0, 0.1) is 35.7 Å². The fraction of sp³-hybridized carbons (Fsp3) is 0.333. The van der Waals surface area contributed by atoms with Crippen molar-refractivity contribution in [3.05, 3.63) is 64.0 Å². The molecule has 32 heavy (non-hydrogen) atoms. The van der Waals surface area contributed by atoms with Gasteiger partial charge in [-0.25, -0.2) is 14.6 Å². The van der Waals surface area contributed by atoms with Crippen molar-refractivity contribution in [3.8, 4) is 5.82 Å². The van der Waals surface area contributed by atoms with Gasteiger partial charge in [-0.2, -0.15) is 9.49 Å². The van der Waals surface area contributed by atoms with Gasteiger partial charge >= 0.3 is 5.69 Å². The van der Waals surface area contributed by atoms with Gasteiger partial charge < -0.3 is 10.2 Å². The third-order valence-electron chi connectivity index (χ3n) is 5.39. The molecule has 0 saturated carbocycles. The molecule has 11 heteroatoms. The van der Waals surface area contributed by atoms with Crippen LogP contribution in [0.2, 0.25) is 0 Å². The number of nitro benzene ring substituents is 1. The summed E-state index contributed by atoms with van der Waals surface area (Å²) >= 11 is 0. The lowest BCUT2D eigenvalue weighted by molar-refractivity contribution is -0.387. The zero-order valence-electron chi connectivity index (χ0n) is 17.7. The first-order chi connectivity index (χ1) is 15.3. The number of aromatic nitrogens is 4. The number of nitrogens with one attached hydrogen (secondary N) is 1. The second kappa shape index (κ2) is 8.69. The van der Waals surface area contributed by atoms with Gasteiger partial charge in [0, 0.05) is 36.6 Å². The van der Waals surface area contributed by atoms with E-state index in [1.54, 1.807) is 4.68 Å². The lowest BCUT2D eigenvalue weighted by Crippen LogP contribution is -2.41. The van der Waals surface area contributed by atoms with E-state index < -0.39 is 16.4 Å². The third kappa shape index (κ3) is 4.41. The molecule has 4 rings (SSSR count). The minimum Gasteiger partial charge on any atom is -0.356 e. The van der Waals surface area contributed by atoms with E-state index in [9.17, 15) is 19.3 Å². The molecule has 1 unspecified atom stereocenters. The van der Waals surface area contributed by atoms with Crippen molar-refractivity contribution < 1.29 is 14.1 Å². The molecule has 1 aliphatic rings. The normalized spacial score (nSPS) is 16.1. The number of nitrogens with zero attached hydrogens (tertiary/aromatic N) is 6. The van der Waals surface area contributed by atoms with Crippen LogP contribution in [0.4, 0.5) is 21.6 Å². The van der Waals surface area contributed by atoms with E-state index in [-0.39, 0.29) is 17.5 Å². The predicted octanol–water partition coefficient (Wildman–Crippen LogP) is 3.18. The second-order valence-electron chi connectivity index (χ2n) is 7.77. The average molecular weight is 439 g/mol. The average Bonchev–Trinajstić information content (AvgIpc) is 3.13. The number of carbonyl (C=O) groups excluding carboxylic acids is 1. The van der Waals surface area contributed by atoms with Crippen molar-refractivity contribution in [2.45, 2.75) is 26.7 Å². The number of rotatable bonds is 5.